The zero-order valence-corrected chi connectivity index (χ0v) is 8.01. The summed E-state index contributed by atoms with van der Waals surface area (Å²) in [5.74, 6) is -2.57. The fourth-order valence-corrected chi connectivity index (χ4v) is 0.992. The molecule has 0 aliphatic heterocycles. The van der Waals surface area contributed by atoms with E-state index >= 15 is 0 Å². The van der Waals surface area contributed by atoms with Crippen molar-refractivity contribution in [3.8, 4) is 0 Å². The second kappa shape index (κ2) is 4.63. The van der Waals surface area contributed by atoms with Crippen LogP contribution in [-0.4, -0.2) is 18.2 Å². The zero-order valence-electron chi connectivity index (χ0n) is 8.01. The number of nitrogens with one attached hydrogen (secondary N) is 1. The number of rotatable bonds is 3. The molecule has 5 heteroatoms. The fraction of sp³-hybridized carbons (Fsp3) is 0.200. The second-order valence-corrected chi connectivity index (χ2v) is 3.04. The van der Waals surface area contributed by atoms with E-state index in [1.807, 2.05) is 0 Å². The molecule has 0 spiro atoms. The lowest BCUT2D eigenvalue weighted by molar-refractivity contribution is -0.116. The lowest BCUT2D eigenvalue weighted by Crippen LogP contribution is -2.28. The first kappa shape index (κ1) is 11.3. The predicted octanol–water partition coefficient (Wildman–Crippen LogP) is 1.28. The minimum absolute atomic E-state index is 0.145. The van der Waals surface area contributed by atoms with Crippen LogP contribution in [0, 0.1) is 11.6 Å². The number of carbonyl (C=O) groups is 2. The fourth-order valence-electron chi connectivity index (χ4n) is 0.992. The van der Waals surface area contributed by atoms with E-state index in [1.54, 1.807) is 0 Å². The smallest absolute Gasteiger partial charge is 0.251 e. The van der Waals surface area contributed by atoms with Gasteiger partial charge >= 0.3 is 0 Å². The lowest BCUT2D eigenvalue weighted by Gasteiger charge is -2.02. The van der Waals surface area contributed by atoms with E-state index in [0.29, 0.717) is 6.07 Å². The number of Topliss-reactive ketones (excluding diaryl/α,β-unsaturated/α-hetero) is 1. The number of hydrogen-bond donors (Lipinski definition) is 1. The molecule has 80 valence electrons. The maximum absolute atomic E-state index is 12.7. The van der Waals surface area contributed by atoms with Crippen molar-refractivity contribution in [2.24, 2.45) is 0 Å². The van der Waals surface area contributed by atoms with Crippen molar-refractivity contribution >= 4 is 11.7 Å². The maximum atomic E-state index is 12.7. The molecule has 0 radical (unpaired) electrons. The molecule has 0 heterocycles. The van der Waals surface area contributed by atoms with Crippen LogP contribution >= 0.6 is 0 Å². The minimum atomic E-state index is -0.831. The largest absolute Gasteiger partial charge is 0.345 e. The number of amides is 1. The molecular weight excluding hydrogens is 204 g/mol. The Morgan fingerprint density at radius 2 is 1.73 bits per heavy atom. The SMILES string of the molecule is CC(=O)CNC(=O)c1cc(F)cc(F)c1. The van der Waals surface area contributed by atoms with Crippen molar-refractivity contribution in [1.82, 2.24) is 5.32 Å². The van der Waals surface area contributed by atoms with Gasteiger partial charge in [-0.25, -0.2) is 8.78 Å². The van der Waals surface area contributed by atoms with E-state index in [4.69, 9.17) is 0 Å². The zero-order chi connectivity index (χ0) is 11.4. The second-order valence-electron chi connectivity index (χ2n) is 3.04. The lowest BCUT2D eigenvalue weighted by atomic mass is 10.2. The Kier molecular flexibility index (Phi) is 3.49. The molecule has 0 aromatic heterocycles. The van der Waals surface area contributed by atoms with E-state index in [9.17, 15) is 18.4 Å². The minimum Gasteiger partial charge on any atom is -0.345 e. The molecular formula is C10H9F2NO2. The van der Waals surface area contributed by atoms with Gasteiger partial charge in [0.2, 0.25) is 0 Å². The van der Waals surface area contributed by atoms with Gasteiger partial charge in [0.15, 0.2) is 0 Å². The summed E-state index contributed by atoms with van der Waals surface area (Å²) in [5, 5.41) is 2.23. The third-order valence-corrected chi connectivity index (χ3v) is 1.62. The number of ketones is 1. The van der Waals surface area contributed by atoms with Crippen molar-refractivity contribution in [1.29, 1.82) is 0 Å². The normalized spacial score (nSPS) is 9.80. The van der Waals surface area contributed by atoms with Crippen molar-refractivity contribution < 1.29 is 18.4 Å². The summed E-state index contributed by atoms with van der Waals surface area (Å²) in [6.45, 7) is 1.14. The third-order valence-electron chi connectivity index (χ3n) is 1.62. The van der Waals surface area contributed by atoms with Gasteiger partial charge < -0.3 is 5.32 Å². The van der Waals surface area contributed by atoms with E-state index in [2.05, 4.69) is 5.32 Å². The van der Waals surface area contributed by atoms with Crippen LogP contribution in [0.2, 0.25) is 0 Å². The monoisotopic (exact) mass is 213 g/mol. The Morgan fingerprint density at radius 3 is 2.20 bits per heavy atom. The highest BCUT2D eigenvalue weighted by atomic mass is 19.1. The van der Waals surface area contributed by atoms with Gasteiger partial charge in [0.1, 0.15) is 17.4 Å². The summed E-state index contributed by atoms with van der Waals surface area (Å²) < 4.78 is 25.4. The molecule has 0 atom stereocenters. The first-order valence-electron chi connectivity index (χ1n) is 4.23. The van der Waals surface area contributed by atoms with Gasteiger partial charge in [-0.3, -0.25) is 9.59 Å². The highest BCUT2D eigenvalue weighted by molar-refractivity contribution is 5.96. The highest BCUT2D eigenvalue weighted by Gasteiger charge is 2.08. The Bertz CT molecular complexity index is 384. The van der Waals surface area contributed by atoms with Crippen LogP contribution in [0.15, 0.2) is 18.2 Å². The molecule has 0 unspecified atom stereocenters. The molecule has 1 aromatic carbocycles. The Balaban J connectivity index is 2.77. The molecule has 0 saturated carbocycles. The summed E-state index contributed by atoms with van der Waals surface area (Å²) in [6, 6.07) is 2.47. The van der Waals surface area contributed by atoms with E-state index < -0.39 is 17.5 Å². The van der Waals surface area contributed by atoms with Gasteiger partial charge in [-0.05, 0) is 19.1 Å². The predicted molar refractivity (Wildman–Crippen MR) is 49.4 cm³/mol. The summed E-state index contributed by atoms with van der Waals surface area (Å²) in [7, 11) is 0. The van der Waals surface area contributed by atoms with Gasteiger partial charge in [0.25, 0.3) is 5.91 Å². The van der Waals surface area contributed by atoms with Crippen molar-refractivity contribution in [2.75, 3.05) is 6.54 Å². The molecule has 3 nitrogen and oxygen atoms in total. The third kappa shape index (κ3) is 3.46. The average molecular weight is 213 g/mol. The Morgan fingerprint density at radius 1 is 1.20 bits per heavy atom. The molecule has 0 aliphatic rings. The summed E-state index contributed by atoms with van der Waals surface area (Å²) in [5.41, 5.74) is -0.145. The van der Waals surface area contributed by atoms with Crippen molar-refractivity contribution in [2.45, 2.75) is 6.92 Å². The highest BCUT2D eigenvalue weighted by Crippen LogP contribution is 2.07. The molecule has 15 heavy (non-hydrogen) atoms. The standard InChI is InChI=1S/C10H9F2NO2/c1-6(14)5-13-10(15)7-2-8(11)4-9(12)3-7/h2-4H,5H2,1H3,(H,13,15). The van der Waals surface area contributed by atoms with Gasteiger partial charge in [-0.1, -0.05) is 0 Å². The van der Waals surface area contributed by atoms with Crippen LogP contribution in [0.25, 0.3) is 0 Å². The summed E-state index contributed by atoms with van der Waals surface area (Å²) in [4.78, 5) is 21.8. The molecule has 1 N–H and O–H groups in total. The number of carbonyl (C=O) groups excluding carboxylic acids is 2. The molecule has 0 bridgehead atoms. The molecule has 1 amide bonds. The number of benzene rings is 1. The van der Waals surface area contributed by atoms with Crippen LogP contribution in [0.4, 0.5) is 8.78 Å². The van der Waals surface area contributed by atoms with Crippen LogP contribution in [0.1, 0.15) is 17.3 Å². The molecule has 0 fully saturated rings. The average Bonchev–Trinajstić information content (AvgIpc) is 2.12. The van der Waals surface area contributed by atoms with E-state index in [1.165, 1.54) is 6.92 Å². The number of hydrogen-bond acceptors (Lipinski definition) is 2. The van der Waals surface area contributed by atoms with Gasteiger partial charge in [0.05, 0.1) is 6.54 Å². The van der Waals surface area contributed by atoms with Crippen LogP contribution < -0.4 is 5.32 Å². The van der Waals surface area contributed by atoms with E-state index in [-0.39, 0.29) is 17.9 Å². The van der Waals surface area contributed by atoms with Crippen LogP contribution in [0.3, 0.4) is 0 Å². The van der Waals surface area contributed by atoms with Gasteiger partial charge in [-0.2, -0.15) is 0 Å². The van der Waals surface area contributed by atoms with Crippen LogP contribution in [0.5, 0.6) is 0 Å². The van der Waals surface area contributed by atoms with Crippen molar-refractivity contribution in [3.05, 3.63) is 35.4 Å². The molecule has 0 saturated heterocycles. The first-order chi connectivity index (χ1) is 6.99. The topological polar surface area (TPSA) is 46.2 Å². The van der Waals surface area contributed by atoms with Crippen molar-refractivity contribution in [3.63, 3.8) is 0 Å². The van der Waals surface area contributed by atoms with E-state index in [0.717, 1.165) is 12.1 Å². The summed E-state index contributed by atoms with van der Waals surface area (Å²) >= 11 is 0. The van der Waals surface area contributed by atoms with Gasteiger partial charge in [0, 0.05) is 11.6 Å². The van der Waals surface area contributed by atoms with Crippen LogP contribution in [-0.2, 0) is 4.79 Å². The quantitative estimate of drug-likeness (QED) is 0.822. The Labute approximate surface area is 85.1 Å². The Hall–Kier alpha value is -1.78. The first-order valence-corrected chi connectivity index (χ1v) is 4.23. The number of halogens is 2. The molecule has 0 aliphatic carbocycles. The molecule has 1 rings (SSSR count). The maximum Gasteiger partial charge on any atom is 0.251 e. The summed E-state index contributed by atoms with van der Waals surface area (Å²) in [6.07, 6.45) is 0. The van der Waals surface area contributed by atoms with Gasteiger partial charge in [-0.15, -0.1) is 0 Å². The molecule has 1 aromatic rings.